The van der Waals surface area contributed by atoms with Crippen LogP contribution in [-0.2, 0) is 19.1 Å². The third-order valence-corrected chi connectivity index (χ3v) is 9.74. The summed E-state index contributed by atoms with van der Waals surface area (Å²) < 4.78 is 10.6. The summed E-state index contributed by atoms with van der Waals surface area (Å²) in [6, 6.07) is 0. The summed E-state index contributed by atoms with van der Waals surface area (Å²) in [7, 11) is 0. The van der Waals surface area contributed by atoms with Gasteiger partial charge in [0.25, 0.3) is 0 Å². The third kappa shape index (κ3) is 47.0. The maximum absolute atomic E-state index is 12.2. The van der Waals surface area contributed by atoms with E-state index in [9.17, 15) is 14.7 Å². The van der Waals surface area contributed by atoms with Gasteiger partial charge >= 0.3 is 11.9 Å². The molecule has 1 atom stereocenters. The highest BCUT2D eigenvalue weighted by molar-refractivity contribution is 5.70. The maximum Gasteiger partial charge on any atom is 0.306 e. The molecule has 5 heteroatoms. The lowest BCUT2D eigenvalue weighted by molar-refractivity contribution is -0.161. The summed E-state index contributed by atoms with van der Waals surface area (Å²) in [5.41, 5.74) is 0. The molecule has 1 unspecified atom stereocenters. The van der Waals surface area contributed by atoms with Crippen LogP contribution < -0.4 is 0 Å². The molecule has 0 aliphatic rings. The number of allylic oxidation sites excluding steroid dienone is 20. The van der Waals surface area contributed by atoms with Crippen molar-refractivity contribution in [2.75, 3.05) is 13.2 Å². The van der Waals surface area contributed by atoms with Crippen LogP contribution in [0.15, 0.2) is 122 Å². The zero-order valence-corrected chi connectivity index (χ0v) is 38.4. The molecule has 0 aromatic heterocycles. The minimum absolute atomic E-state index is 0.0988. The second-order valence-electron chi connectivity index (χ2n) is 15.4. The van der Waals surface area contributed by atoms with Gasteiger partial charge in [0.1, 0.15) is 6.61 Å². The van der Waals surface area contributed by atoms with Crippen LogP contribution in [0.2, 0.25) is 0 Å². The molecule has 0 amide bonds. The van der Waals surface area contributed by atoms with Gasteiger partial charge in [-0.3, -0.25) is 9.59 Å². The van der Waals surface area contributed by atoms with Crippen molar-refractivity contribution in [3.63, 3.8) is 0 Å². The molecule has 0 aromatic carbocycles. The molecule has 0 aliphatic carbocycles. The van der Waals surface area contributed by atoms with E-state index in [0.717, 1.165) is 83.5 Å². The molecule has 0 saturated heterocycles. The van der Waals surface area contributed by atoms with Gasteiger partial charge in [0, 0.05) is 12.8 Å². The van der Waals surface area contributed by atoms with Crippen LogP contribution in [0.4, 0.5) is 0 Å². The average molecular weight is 829 g/mol. The fraction of sp³-hybridized carbons (Fsp3) is 0.600. The Morgan fingerprint density at radius 3 is 1.15 bits per heavy atom. The van der Waals surface area contributed by atoms with Crippen LogP contribution in [0, 0.1) is 0 Å². The highest BCUT2D eigenvalue weighted by Gasteiger charge is 2.16. The number of rotatable bonds is 42. The number of hydrogen-bond donors (Lipinski definition) is 1. The zero-order chi connectivity index (χ0) is 43.5. The fourth-order valence-corrected chi connectivity index (χ4v) is 6.14. The number of carbonyl (C=O) groups excluding carboxylic acids is 2. The lowest BCUT2D eigenvalue weighted by Crippen LogP contribution is -2.28. The molecular weight excluding hydrogens is 741 g/mol. The second kappa shape index (κ2) is 49.7. The Bertz CT molecular complexity index is 1260. The van der Waals surface area contributed by atoms with Crippen LogP contribution in [-0.4, -0.2) is 36.4 Å². The standard InChI is InChI=1S/C55H88O5/c1-3-5-7-9-11-13-15-17-19-21-22-23-24-25-26-27-28-29-30-31-32-34-36-38-40-42-44-46-48-50-55(58)60-53(51-56)52-59-54(57)49-47-45-43-41-39-37-35-33-20-18-16-14-12-10-8-6-4-2/h5,7,11,13,17-20,22-23,25-26,28-29,31-32,36,38,42,44,53,56H,3-4,6,8-10,12,14-16,21,24,27,30,33-35,37,39-41,43,45-52H2,1-2H3/b7-5-,13-11-,19-17-,20-18-,23-22-,26-25-,29-28-,32-31-,38-36-,44-42-. The Balaban J connectivity index is 3.72. The van der Waals surface area contributed by atoms with E-state index in [2.05, 4.69) is 135 Å². The van der Waals surface area contributed by atoms with Crippen molar-refractivity contribution in [1.29, 1.82) is 0 Å². The maximum atomic E-state index is 12.2. The van der Waals surface area contributed by atoms with Crippen molar-refractivity contribution < 1.29 is 24.2 Å². The minimum atomic E-state index is -0.813. The SMILES string of the molecule is CC/C=C\C/C=C\C/C=C\C/C=C\C/C=C\C/C=C\C/C=C\C/C=C\C/C=C\CCCC(=O)OC(CO)COC(=O)CCCCCCCCC/C=C\CCCCCCCC. The van der Waals surface area contributed by atoms with Crippen molar-refractivity contribution >= 4 is 11.9 Å². The molecule has 1 N–H and O–H groups in total. The van der Waals surface area contributed by atoms with E-state index in [1.165, 1.54) is 77.0 Å². The van der Waals surface area contributed by atoms with E-state index in [1.807, 2.05) is 0 Å². The summed E-state index contributed by atoms with van der Waals surface area (Å²) in [6.07, 6.45) is 72.8. The quantitative estimate of drug-likeness (QED) is 0.0377. The first-order chi connectivity index (χ1) is 29.6. The van der Waals surface area contributed by atoms with Crippen molar-refractivity contribution in [3.05, 3.63) is 122 Å². The monoisotopic (exact) mass is 829 g/mol. The summed E-state index contributed by atoms with van der Waals surface area (Å²) >= 11 is 0. The highest BCUT2D eigenvalue weighted by atomic mass is 16.6. The summed E-state index contributed by atoms with van der Waals surface area (Å²) in [5.74, 6) is -0.674. The number of esters is 2. The normalized spacial score (nSPS) is 13.3. The number of hydrogen-bond acceptors (Lipinski definition) is 5. The van der Waals surface area contributed by atoms with E-state index < -0.39 is 6.10 Å². The molecule has 0 radical (unpaired) electrons. The minimum Gasteiger partial charge on any atom is -0.462 e. The van der Waals surface area contributed by atoms with Gasteiger partial charge in [-0.05, 0) is 103 Å². The van der Waals surface area contributed by atoms with Gasteiger partial charge in [-0.25, -0.2) is 0 Å². The van der Waals surface area contributed by atoms with Gasteiger partial charge in [-0.15, -0.1) is 0 Å². The van der Waals surface area contributed by atoms with Gasteiger partial charge in [0.2, 0.25) is 0 Å². The average Bonchev–Trinajstić information content (AvgIpc) is 3.25. The van der Waals surface area contributed by atoms with Crippen molar-refractivity contribution in [2.45, 2.75) is 200 Å². The Morgan fingerprint density at radius 1 is 0.400 bits per heavy atom. The Labute approximate surface area is 369 Å². The molecule has 5 nitrogen and oxygen atoms in total. The van der Waals surface area contributed by atoms with Crippen molar-refractivity contribution in [3.8, 4) is 0 Å². The number of carbonyl (C=O) groups is 2. The molecule has 338 valence electrons. The smallest absolute Gasteiger partial charge is 0.306 e. The Kier molecular flexibility index (Phi) is 46.6. The predicted octanol–water partition coefficient (Wildman–Crippen LogP) is 16.0. The molecule has 60 heavy (non-hydrogen) atoms. The van der Waals surface area contributed by atoms with Crippen molar-refractivity contribution in [1.82, 2.24) is 0 Å². The number of aliphatic hydroxyl groups excluding tert-OH is 1. The summed E-state index contributed by atoms with van der Waals surface area (Å²) in [6.45, 7) is 3.96. The van der Waals surface area contributed by atoms with Crippen molar-refractivity contribution in [2.24, 2.45) is 0 Å². The zero-order valence-electron chi connectivity index (χ0n) is 38.4. The van der Waals surface area contributed by atoms with Gasteiger partial charge < -0.3 is 14.6 Å². The molecule has 0 saturated carbocycles. The first kappa shape index (κ1) is 56.3. The predicted molar refractivity (Wildman–Crippen MR) is 260 cm³/mol. The molecule has 0 rings (SSSR count). The second-order valence-corrected chi connectivity index (χ2v) is 15.4. The molecule has 0 fully saturated rings. The Morgan fingerprint density at radius 2 is 0.733 bits per heavy atom. The molecular formula is C55H88O5. The van der Waals surface area contributed by atoms with E-state index in [-0.39, 0.29) is 31.6 Å². The molecule has 0 heterocycles. The van der Waals surface area contributed by atoms with Crippen LogP contribution in [0.25, 0.3) is 0 Å². The Hall–Kier alpha value is -3.70. The summed E-state index contributed by atoms with van der Waals surface area (Å²) in [4.78, 5) is 24.4. The van der Waals surface area contributed by atoms with Crippen LogP contribution in [0.5, 0.6) is 0 Å². The van der Waals surface area contributed by atoms with E-state index in [0.29, 0.717) is 12.8 Å². The molecule has 0 spiro atoms. The van der Waals surface area contributed by atoms with E-state index in [4.69, 9.17) is 9.47 Å². The van der Waals surface area contributed by atoms with E-state index in [1.54, 1.807) is 0 Å². The number of ether oxygens (including phenoxy) is 2. The van der Waals surface area contributed by atoms with Gasteiger partial charge in [0.05, 0.1) is 6.61 Å². The first-order valence-corrected chi connectivity index (χ1v) is 24.1. The lowest BCUT2D eigenvalue weighted by atomic mass is 10.1. The number of aliphatic hydroxyl groups is 1. The highest BCUT2D eigenvalue weighted by Crippen LogP contribution is 2.12. The topological polar surface area (TPSA) is 72.8 Å². The third-order valence-electron chi connectivity index (χ3n) is 9.74. The molecule has 0 bridgehead atoms. The van der Waals surface area contributed by atoms with Gasteiger partial charge in [-0.1, -0.05) is 200 Å². The fourth-order valence-electron chi connectivity index (χ4n) is 6.14. The van der Waals surface area contributed by atoms with E-state index >= 15 is 0 Å². The van der Waals surface area contributed by atoms with Gasteiger partial charge in [-0.2, -0.15) is 0 Å². The first-order valence-electron chi connectivity index (χ1n) is 24.1. The van der Waals surface area contributed by atoms with Crippen LogP contribution >= 0.6 is 0 Å². The van der Waals surface area contributed by atoms with Crippen LogP contribution in [0.3, 0.4) is 0 Å². The lowest BCUT2D eigenvalue weighted by Gasteiger charge is -2.15. The molecule has 0 aliphatic heterocycles. The summed E-state index contributed by atoms with van der Waals surface area (Å²) in [5, 5.41) is 9.60. The van der Waals surface area contributed by atoms with Crippen LogP contribution in [0.1, 0.15) is 194 Å². The van der Waals surface area contributed by atoms with Gasteiger partial charge in [0.15, 0.2) is 6.10 Å². The number of unbranched alkanes of at least 4 members (excludes halogenated alkanes) is 14. The molecule has 0 aromatic rings. The largest absolute Gasteiger partial charge is 0.462 e.